The number of methoxy groups -OCH3 is 1. The topological polar surface area (TPSA) is 55.5 Å². The van der Waals surface area contributed by atoms with Crippen LogP contribution < -0.4 is 10.5 Å². The van der Waals surface area contributed by atoms with E-state index >= 15 is 0 Å². The lowest BCUT2D eigenvalue weighted by molar-refractivity contribution is 0.147. The van der Waals surface area contributed by atoms with E-state index in [0.29, 0.717) is 10.6 Å². The molecule has 3 N–H and O–H groups in total. The number of rotatable bonds is 5. The minimum absolute atomic E-state index is 0.141. The van der Waals surface area contributed by atoms with Crippen LogP contribution in [0.25, 0.3) is 0 Å². The van der Waals surface area contributed by atoms with Gasteiger partial charge in [-0.1, -0.05) is 29.8 Å². The number of hydrogen-bond acceptors (Lipinski definition) is 3. The van der Waals surface area contributed by atoms with Gasteiger partial charge in [-0.2, -0.15) is 0 Å². The van der Waals surface area contributed by atoms with Gasteiger partial charge in [0, 0.05) is 17.5 Å². The molecule has 21 heavy (non-hydrogen) atoms. The van der Waals surface area contributed by atoms with Gasteiger partial charge in [0.2, 0.25) is 0 Å². The van der Waals surface area contributed by atoms with Crippen molar-refractivity contribution in [3.05, 3.63) is 64.4 Å². The number of nitrogens with two attached hydrogens (primary N) is 1. The molecule has 0 aromatic heterocycles. The lowest BCUT2D eigenvalue weighted by Gasteiger charge is -2.22. The molecule has 0 saturated heterocycles. The molecule has 0 aliphatic heterocycles. The second kappa shape index (κ2) is 6.89. The van der Waals surface area contributed by atoms with Crippen LogP contribution >= 0.6 is 11.6 Å². The highest BCUT2D eigenvalue weighted by atomic mass is 35.5. The Bertz CT molecular complexity index is 604. The first-order chi connectivity index (χ1) is 10.1. The third kappa shape index (κ3) is 3.53. The van der Waals surface area contributed by atoms with Crippen molar-refractivity contribution >= 4 is 11.6 Å². The van der Waals surface area contributed by atoms with Crippen LogP contribution in [0.3, 0.4) is 0 Å². The van der Waals surface area contributed by atoms with Crippen molar-refractivity contribution < 1.29 is 14.2 Å². The minimum Gasteiger partial charge on any atom is -0.494 e. The summed E-state index contributed by atoms with van der Waals surface area (Å²) in [6.45, 7) is 0.233. The van der Waals surface area contributed by atoms with Gasteiger partial charge in [0.1, 0.15) is 0 Å². The van der Waals surface area contributed by atoms with E-state index in [4.69, 9.17) is 22.1 Å². The summed E-state index contributed by atoms with van der Waals surface area (Å²) in [5.74, 6) is -0.710. The zero-order valence-electron chi connectivity index (χ0n) is 11.6. The van der Waals surface area contributed by atoms with E-state index in [1.54, 1.807) is 18.2 Å². The first-order valence-electron chi connectivity index (χ1n) is 6.54. The average molecular weight is 310 g/mol. The predicted molar refractivity (Wildman–Crippen MR) is 81.2 cm³/mol. The van der Waals surface area contributed by atoms with Gasteiger partial charge in [-0.15, -0.1) is 0 Å². The molecule has 2 unspecified atom stereocenters. The summed E-state index contributed by atoms with van der Waals surface area (Å²) in [6, 6.07) is 11.5. The minimum atomic E-state index is -0.906. The average Bonchev–Trinajstić information content (AvgIpc) is 2.49. The SMILES string of the molecule is COc1ccc(C(O)C(CN)c2ccc(Cl)cc2)cc1F. The Kier molecular flexibility index (Phi) is 5.17. The zero-order chi connectivity index (χ0) is 15.4. The van der Waals surface area contributed by atoms with E-state index in [1.807, 2.05) is 12.1 Å². The van der Waals surface area contributed by atoms with Crippen LogP contribution in [-0.2, 0) is 0 Å². The summed E-state index contributed by atoms with van der Waals surface area (Å²) >= 11 is 5.85. The normalized spacial score (nSPS) is 13.8. The van der Waals surface area contributed by atoms with Gasteiger partial charge >= 0.3 is 0 Å². The predicted octanol–water partition coefficient (Wildman–Crippen LogP) is 3.26. The second-order valence-electron chi connectivity index (χ2n) is 4.73. The van der Waals surface area contributed by atoms with Crippen LogP contribution in [-0.4, -0.2) is 18.8 Å². The van der Waals surface area contributed by atoms with Crippen LogP contribution in [0.15, 0.2) is 42.5 Å². The molecular weight excluding hydrogens is 293 g/mol. The molecule has 0 heterocycles. The molecule has 3 nitrogen and oxygen atoms in total. The van der Waals surface area contributed by atoms with Gasteiger partial charge < -0.3 is 15.6 Å². The van der Waals surface area contributed by atoms with Gasteiger partial charge in [0.25, 0.3) is 0 Å². The van der Waals surface area contributed by atoms with Gasteiger partial charge in [-0.25, -0.2) is 4.39 Å². The van der Waals surface area contributed by atoms with E-state index < -0.39 is 11.9 Å². The molecule has 2 rings (SSSR count). The Morgan fingerprint density at radius 2 is 1.81 bits per heavy atom. The third-order valence-corrected chi connectivity index (χ3v) is 3.70. The fourth-order valence-corrected chi connectivity index (χ4v) is 2.38. The number of halogens is 2. The summed E-state index contributed by atoms with van der Waals surface area (Å²) in [6.07, 6.45) is -0.906. The van der Waals surface area contributed by atoms with Crippen LogP contribution in [0, 0.1) is 5.82 Å². The number of benzene rings is 2. The molecule has 0 spiro atoms. The highest BCUT2D eigenvalue weighted by Crippen LogP contribution is 2.32. The Balaban J connectivity index is 2.29. The van der Waals surface area contributed by atoms with Crippen molar-refractivity contribution in [1.82, 2.24) is 0 Å². The molecule has 2 aromatic rings. The molecule has 0 amide bonds. The lowest BCUT2D eigenvalue weighted by Crippen LogP contribution is -2.20. The van der Waals surface area contributed by atoms with Crippen molar-refractivity contribution in [3.63, 3.8) is 0 Å². The van der Waals surface area contributed by atoms with Gasteiger partial charge in [0.05, 0.1) is 13.2 Å². The van der Waals surface area contributed by atoms with Crippen LogP contribution in [0.2, 0.25) is 5.02 Å². The van der Waals surface area contributed by atoms with Crippen molar-refractivity contribution in [2.45, 2.75) is 12.0 Å². The standard InChI is InChI=1S/C16H17ClFNO2/c1-21-15-7-4-11(8-14(15)18)16(20)13(9-19)10-2-5-12(17)6-3-10/h2-8,13,16,20H,9,19H2,1H3. The molecule has 112 valence electrons. The van der Waals surface area contributed by atoms with Crippen molar-refractivity contribution in [2.75, 3.05) is 13.7 Å². The number of ether oxygens (including phenoxy) is 1. The highest BCUT2D eigenvalue weighted by Gasteiger charge is 2.22. The molecule has 0 radical (unpaired) electrons. The maximum atomic E-state index is 13.7. The molecule has 2 atom stereocenters. The largest absolute Gasteiger partial charge is 0.494 e. The number of aliphatic hydroxyl groups is 1. The summed E-state index contributed by atoms with van der Waals surface area (Å²) in [5.41, 5.74) is 7.07. The lowest BCUT2D eigenvalue weighted by atomic mass is 9.89. The van der Waals surface area contributed by atoms with Gasteiger partial charge in [-0.3, -0.25) is 0 Å². The summed E-state index contributed by atoms with van der Waals surface area (Å²) < 4.78 is 18.6. The molecule has 0 fully saturated rings. The smallest absolute Gasteiger partial charge is 0.165 e. The fourth-order valence-electron chi connectivity index (χ4n) is 2.26. The zero-order valence-corrected chi connectivity index (χ0v) is 12.3. The molecule has 2 aromatic carbocycles. The highest BCUT2D eigenvalue weighted by molar-refractivity contribution is 6.30. The Morgan fingerprint density at radius 3 is 2.33 bits per heavy atom. The van der Waals surface area contributed by atoms with Crippen LogP contribution in [0.5, 0.6) is 5.75 Å². The Labute approximate surface area is 128 Å². The molecule has 5 heteroatoms. The van der Waals surface area contributed by atoms with E-state index in [1.165, 1.54) is 19.2 Å². The Morgan fingerprint density at radius 1 is 1.19 bits per heavy atom. The van der Waals surface area contributed by atoms with Gasteiger partial charge in [0.15, 0.2) is 11.6 Å². The summed E-state index contributed by atoms with van der Waals surface area (Å²) in [5, 5.41) is 11.1. The molecule has 0 bridgehead atoms. The third-order valence-electron chi connectivity index (χ3n) is 3.45. The van der Waals surface area contributed by atoms with Crippen LogP contribution in [0.4, 0.5) is 4.39 Å². The Hall–Kier alpha value is -1.62. The monoisotopic (exact) mass is 309 g/mol. The van der Waals surface area contributed by atoms with Crippen molar-refractivity contribution in [2.24, 2.45) is 5.73 Å². The summed E-state index contributed by atoms with van der Waals surface area (Å²) in [4.78, 5) is 0. The molecule has 0 aliphatic rings. The van der Waals surface area contributed by atoms with Crippen LogP contribution in [0.1, 0.15) is 23.1 Å². The van der Waals surface area contributed by atoms with E-state index in [2.05, 4.69) is 0 Å². The number of aliphatic hydroxyl groups excluding tert-OH is 1. The first-order valence-corrected chi connectivity index (χ1v) is 6.91. The second-order valence-corrected chi connectivity index (χ2v) is 5.17. The quantitative estimate of drug-likeness (QED) is 0.891. The first kappa shape index (κ1) is 15.8. The molecule has 0 saturated carbocycles. The molecular formula is C16H17ClFNO2. The van der Waals surface area contributed by atoms with Gasteiger partial charge in [-0.05, 0) is 35.4 Å². The van der Waals surface area contributed by atoms with E-state index in [0.717, 1.165) is 5.56 Å². The van der Waals surface area contributed by atoms with Crippen molar-refractivity contribution in [3.8, 4) is 5.75 Å². The summed E-state index contributed by atoms with van der Waals surface area (Å²) in [7, 11) is 1.39. The number of hydrogen-bond donors (Lipinski definition) is 2. The fraction of sp³-hybridized carbons (Fsp3) is 0.250. The van der Waals surface area contributed by atoms with E-state index in [9.17, 15) is 9.50 Å². The van der Waals surface area contributed by atoms with E-state index in [-0.39, 0.29) is 18.2 Å². The maximum Gasteiger partial charge on any atom is 0.165 e. The molecule has 0 aliphatic carbocycles. The van der Waals surface area contributed by atoms with Crippen molar-refractivity contribution in [1.29, 1.82) is 0 Å². The maximum absolute atomic E-state index is 13.7.